The number of allylic oxidation sites excluding steroid dienone is 3. The van der Waals surface area contributed by atoms with Crippen LogP contribution in [0.25, 0.3) is 0 Å². The Morgan fingerprint density at radius 2 is 2.30 bits per heavy atom. The van der Waals surface area contributed by atoms with Gasteiger partial charge >= 0.3 is 0 Å². The van der Waals surface area contributed by atoms with Crippen LogP contribution in [0.1, 0.15) is 13.3 Å². The summed E-state index contributed by atoms with van der Waals surface area (Å²) in [4.78, 5) is 10.2. The van der Waals surface area contributed by atoms with Crippen molar-refractivity contribution in [3.05, 3.63) is 23.9 Å². The van der Waals surface area contributed by atoms with Crippen LogP contribution >= 0.6 is 0 Å². The highest BCUT2D eigenvalue weighted by molar-refractivity contribution is 5.73. The number of aldehydes is 1. The van der Waals surface area contributed by atoms with Gasteiger partial charge in [0, 0.05) is 7.05 Å². The molecule has 0 unspecified atom stereocenters. The summed E-state index contributed by atoms with van der Waals surface area (Å²) in [6.07, 6.45) is 7.05. The quantitative estimate of drug-likeness (QED) is 0.361. The number of rotatable bonds is 4. The Morgan fingerprint density at radius 1 is 1.60 bits per heavy atom. The van der Waals surface area contributed by atoms with Crippen molar-refractivity contribution in [2.75, 3.05) is 7.05 Å². The molecule has 0 aliphatic heterocycles. The summed E-state index contributed by atoms with van der Waals surface area (Å²) < 4.78 is 0. The average molecular weight is 139 g/mol. The van der Waals surface area contributed by atoms with E-state index in [0.29, 0.717) is 0 Å². The molecule has 0 aliphatic rings. The maximum absolute atomic E-state index is 10.2. The van der Waals surface area contributed by atoms with Gasteiger partial charge in [-0.05, 0) is 24.3 Å². The highest BCUT2D eigenvalue weighted by Gasteiger charge is 1.84. The molecule has 0 atom stereocenters. The number of carbonyl (C=O) groups excluding carboxylic acids is 1. The number of hydrogen-bond acceptors (Lipinski definition) is 2. The van der Waals surface area contributed by atoms with Gasteiger partial charge in [0.1, 0.15) is 6.29 Å². The van der Waals surface area contributed by atoms with E-state index >= 15 is 0 Å². The summed E-state index contributed by atoms with van der Waals surface area (Å²) in [5.41, 5.74) is 0.812. The van der Waals surface area contributed by atoms with Crippen LogP contribution in [0.3, 0.4) is 0 Å². The van der Waals surface area contributed by atoms with Gasteiger partial charge in [-0.3, -0.25) is 4.79 Å². The Balaban J connectivity index is 3.85. The molecular weight excluding hydrogens is 126 g/mol. The molecule has 0 aromatic carbocycles. The third kappa shape index (κ3) is 3.89. The van der Waals surface area contributed by atoms with E-state index in [1.165, 1.54) is 0 Å². The molecule has 0 heterocycles. The lowest BCUT2D eigenvalue weighted by Crippen LogP contribution is -1.90. The van der Waals surface area contributed by atoms with Gasteiger partial charge in [-0.1, -0.05) is 13.0 Å². The lowest BCUT2D eigenvalue weighted by atomic mass is 10.2. The van der Waals surface area contributed by atoms with Gasteiger partial charge in [0.05, 0.1) is 0 Å². The number of nitrogens with one attached hydrogen (secondary N) is 1. The molecule has 2 heteroatoms. The van der Waals surface area contributed by atoms with E-state index in [0.717, 1.165) is 18.3 Å². The molecule has 0 aliphatic carbocycles. The van der Waals surface area contributed by atoms with Crippen molar-refractivity contribution in [3.8, 4) is 0 Å². The molecule has 0 amide bonds. The molecule has 0 radical (unpaired) electrons. The van der Waals surface area contributed by atoms with Gasteiger partial charge in [-0.15, -0.1) is 0 Å². The molecule has 56 valence electrons. The first-order valence-electron chi connectivity index (χ1n) is 3.33. The summed E-state index contributed by atoms with van der Waals surface area (Å²) in [7, 11) is 1.82. The Bertz CT molecular complexity index is 147. The molecule has 2 nitrogen and oxygen atoms in total. The van der Waals surface area contributed by atoms with E-state index in [1.807, 2.05) is 20.0 Å². The van der Waals surface area contributed by atoms with Gasteiger partial charge in [0.25, 0.3) is 0 Å². The third-order valence-corrected chi connectivity index (χ3v) is 1.13. The Kier molecular flexibility index (Phi) is 5.44. The SMILES string of the molecule is CC/C(C=O)=C/C=C\NC. The van der Waals surface area contributed by atoms with Gasteiger partial charge < -0.3 is 5.32 Å². The third-order valence-electron chi connectivity index (χ3n) is 1.13. The van der Waals surface area contributed by atoms with Crippen LogP contribution in [0.2, 0.25) is 0 Å². The fourth-order valence-electron chi connectivity index (χ4n) is 0.508. The molecule has 0 fully saturated rings. The van der Waals surface area contributed by atoms with Crippen molar-refractivity contribution >= 4 is 6.29 Å². The summed E-state index contributed by atoms with van der Waals surface area (Å²) >= 11 is 0. The standard InChI is InChI=1S/C8H13NO/c1-3-8(7-10)5-4-6-9-2/h4-7,9H,3H2,1-2H3/b6-4-,8-5-. The van der Waals surface area contributed by atoms with E-state index in [9.17, 15) is 4.79 Å². The lowest BCUT2D eigenvalue weighted by molar-refractivity contribution is -0.105. The van der Waals surface area contributed by atoms with Crippen LogP contribution in [0.5, 0.6) is 0 Å². The van der Waals surface area contributed by atoms with Crippen molar-refractivity contribution in [3.63, 3.8) is 0 Å². The predicted octanol–water partition coefficient (Wildman–Crippen LogP) is 1.25. The summed E-state index contributed by atoms with van der Waals surface area (Å²) in [5, 5.41) is 2.83. The number of hydrogen-bond donors (Lipinski definition) is 1. The van der Waals surface area contributed by atoms with Crippen LogP contribution in [0.15, 0.2) is 23.9 Å². The molecule has 0 rings (SSSR count). The van der Waals surface area contributed by atoms with Crippen LogP contribution in [-0.4, -0.2) is 13.3 Å². The molecular formula is C8H13NO. The zero-order valence-corrected chi connectivity index (χ0v) is 6.42. The van der Waals surface area contributed by atoms with Gasteiger partial charge in [-0.2, -0.15) is 0 Å². The van der Waals surface area contributed by atoms with Crippen LogP contribution in [-0.2, 0) is 4.79 Å². The highest BCUT2D eigenvalue weighted by Crippen LogP contribution is 1.94. The topological polar surface area (TPSA) is 29.1 Å². The van der Waals surface area contributed by atoms with E-state index in [2.05, 4.69) is 5.32 Å². The fraction of sp³-hybridized carbons (Fsp3) is 0.375. The average Bonchev–Trinajstić information content (AvgIpc) is 1.99. The van der Waals surface area contributed by atoms with Crippen molar-refractivity contribution in [2.45, 2.75) is 13.3 Å². The van der Waals surface area contributed by atoms with Crippen LogP contribution in [0.4, 0.5) is 0 Å². The maximum Gasteiger partial charge on any atom is 0.146 e. The molecule has 10 heavy (non-hydrogen) atoms. The van der Waals surface area contributed by atoms with Crippen LogP contribution in [0, 0.1) is 0 Å². The first-order valence-corrected chi connectivity index (χ1v) is 3.33. The normalized spacial score (nSPS) is 12.0. The van der Waals surface area contributed by atoms with E-state index in [-0.39, 0.29) is 0 Å². The second-order valence-corrected chi connectivity index (χ2v) is 1.86. The first-order chi connectivity index (χ1) is 4.85. The van der Waals surface area contributed by atoms with Gasteiger partial charge in [-0.25, -0.2) is 0 Å². The van der Waals surface area contributed by atoms with Crippen molar-refractivity contribution in [2.24, 2.45) is 0 Å². The first kappa shape index (κ1) is 8.95. The Hall–Kier alpha value is -1.05. The zero-order valence-electron chi connectivity index (χ0n) is 6.42. The summed E-state index contributed by atoms with van der Waals surface area (Å²) in [6, 6.07) is 0. The molecule has 0 bridgehead atoms. The van der Waals surface area contributed by atoms with Crippen molar-refractivity contribution in [1.29, 1.82) is 0 Å². The van der Waals surface area contributed by atoms with Crippen molar-refractivity contribution < 1.29 is 4.79 Å². The Labute approximate surface area is 61.6 Å². The Morgan fingerprint density at radius 3 is 2.70 bits per heavy atom. The van der Waals surface area contributed by atoms with Gasteiger partial charge in [0.15, 0.2) is 0 Å². The largest absolute Gasteiger partial charge is 0.394 e. The van der Waals surface area contributed by atoms with Crippen LogP contribution < -0.4 is 5.32 Å². The minimum Gasteiger partial charge on any atom is -0.394 e. The summed E-state index contributed by atoms with van der Waals surface area (Å²) in [6.45, 7) is 1.95. The zero-order chi connectivity index (χ0) is 7.82. The summed E-state index contributed by atoms with van der Waals surface area (Å²) in [5.74, 6) is 0. The highest BCUT2D eigenvalue weighted by atomic mass is 16.1. The maximum atomic E-state index is 10.2. The fourth-order valence-corrected chi connectivity index (χ4v) is 0.508. The van der Waals surface area contributed by atoms with E-state index < -0.39 is 0 Å². The molecule has 0 saturated carbocycles. The lowest BCUT2D eigenvalue weighted by Gasteiger charge is -1.87. The predicted molar refractivity (Wildman–Crippen MR) is 42.6 cm³/mol. The number of carbonyl (C=O) groups is 1. The minimum absolute atomic E-state index is 0.789. The molecule has 0 saturated heterocycles. The molecule has 0 spiro atoms. The smallest absolute Gasteiger partial charge is 0.146 e. The molecule has 0 aromatic heterocycles. The second kappa shape index (κ2) is 6.08. The van der Waals surface area contributed by atoms with E-state index in [4.69, 9.17) is 0 Å². The van der Waals surface area contributed by atoms with Crippen molar-refractivity contribution in [1.82, 2.24) is 5.32 Å². The molecule has 0 aromatic rings. The van der Waals surface area contributed by atoms with Gasteiger partial charge in [0.2, 0.25) is 0 Å². The minimum atomic E-state index is 0.789. The second-order valence-electron chi connectivity index (χ2n) is 1.86. The van der Waals surface area contributed by atoms with E-state index in [1.54, 1.807) is 12.3 Å². The monoisotopic (exact) mass is 139 g/mol. The molecule has 1 N–H and O–H groups in total.